The summed E-state index contributed by atoms with van der Waals surface area (Å²) in [5.74, 6) is -0.876. The van der Waals surface area contributed by atoms with Crippen LogP contribution in [0.25, 0.3) is 0 Å². The fourth-order valence-electron chi connectivity index (χ4n) is 1.94. The summed E-state index contributed by atoms with van der Waals surface area (Å²) in [6, 6.07) is 5.18. The lowest BCUT2D eigenvalue weighted by Crippen LogP contribution is -2.59. The van der Waals surface area contributed by atoms with Crippen molar-refractivity contribution in [1.29, 1.82) is 0 Å². The average molecular weight is 300 g/mol. The molecule has 116 valence electrons. The molecule has 0 unspecified atom stereocenters. The average Bonchev–Trinajstić information content (AvgIpc) is 2.48. The van der Waals surface area contributed by atoms with Gasteiger partial charge < -0.3 is 35.0 Å². The zero-order valence-electron chi connectivity index (χ0n) is 10.9. The molecule has 8 heteroatoms. The number of aromatic hydroxyl groups is 1. The number of phenols is 1. The highest BCUT2D eigenvalue weighted by atomic mass is 16.7. The van der Waals surface area contributed by atoms with Crippen molar-refractivity contribution in [3.05, 3.63) is 29.8 Å². The zero-order chi connectivity index (χ0) is 15.6. The molecule has 8 nitrogen and oxygen atoms in total. The van der Waals surface area contributed by atoms with Crippen LogP contribution in [0.4, 0.5) is 0 Å². The van der Waals surface area contributed by atoms with Crippen LogP contribution in [0.3, 0.4) is 0 Å². The molecule has 1 heterocycles. The molecule has 1 aromatic rings. The maximum atomic E-state index is 11.9. The Morgan fingerprint density at radius 1 is 1.10 bits per heavy atom. The number of aliphatic hydroxyl groups is 4. The van der Waals surface area contributed by atoms with Gasteiger partial charge in [0.15, 0.2) is 0 Å². The molecular formula is C13H16O8. The number of rotatable bonds is 3. The number of esters is 1. The van der Waals surface area contributed by atoms with Crippen LogP contribution in [0.1, 0.15) is 10.4 Å². The highest BCUT2D eigenvalue weighted by molar-refractivity contribution is 5.89. The second-order valence-electron chi connectivity index (χ2n) is 4.65. The Kier molecular flexibility index (Phi) is 4.76. The second kappa shape index (κ2) is 6.37. The van der Waals surface area contributed by atoms with E-state index in [1.807, 2.05) is 0 Å². The molecule has 0 spiro atoms. The highest BCUT2D eigenvalue weighted by Gasteiger charge is 2.45. The van der Waals surface area contributed by atoms with E-state index in [1.54, 1.807) is 0 Å². The van der Waals surface area contributed by atoms with Gasteiger partial charge in [-0.1, -0.05) is 0 Å². The molecule has 2 rings (SSSR count). The number of hydrogen-bond acceptors (Lipinski definition) is 8. The summed E-state index contributed by atoms with van der Waals surface area (Å²) in [4.78, 5) is 11.9. The van der Waals surface area contributed by atoms with E-state index in [4.69, 9.17) is 19.7 Å². The summed E-state index contributed by atoms with van der Waals surface area (Å²) >= 11 is 0. The molecule has 0 bridgehead atoms. The van der Waals surface area contributed by atoms with Crippen molar-refractivity contribution in [2.24, 2.45) is 0 Å². The van der Waals surface area contributed by atoms with E-state index in [2.05, 4.69) is 0 Å². The van der Waals surface area contributed by atoms with E-state index in [-0.39, 0.29) is 11.3 Å². The Bertz CT molecular complexity index is 485. The molecule has 1 aliphatic heterocycles. The van der Waals surface area contributed by atoms with Crippen LogP contribution in [0.2, 0.25) is 0 Å². The van der Waals surface area contributed by atoms with E-state index >= 15 is 0 Å². The lowest BCUT2D eigenvalue weighted by atomic mass is 9.99. The van der Waals surface area contributed by atoms with E-state index in [1.165, 1.54) is 24.3 Å². The first-order chi connectivity index (χ1) is 9.93. The third-order valence-electron chi connectivity index (χ3n) is 3.17. The van der Waals surface area contributed by atoms with Crippen LogP contribution in [-0.2, 0) is 9.47 Å². The summed E-state index contributed by atoms with van der Waals surface area (Å²) in [7, 11) is 0. The van der Waals surface area contributed by atoms with Crippen molar-refractivity contribution in [2.45, 2.75) is 30.7 Å². The van der Waals surface area contributed by atoms with Crippen LogP contribution in [-0.4, -0.2) is 68.8 Å². The van der Waals surface area contributed by atoms with Crippen molar-refractivity contribution >= 4 is 5.97 Å². The van der Waals surface area contributed by atoms with Crippen LogP contribution < -0.4 is 0 Å². The number of hydrogen-bond donors (Lipinski definition) is 5. The summed E-state index contributed by atoms with van der Waals surface area (Å²) in [6.45, 7) is -0.613. The molecular weight excluding hydrogens is 284 g/mol. The molecule has 1 aromatic carbocycles. The highest BCUT2D eigenvalue weighted by Crippen LogP contribution is 2.23. The fraction of sp³-hybridized carbons (Fsp3) is 0.462. The molecule has 1 saturated heterocycles. The van der Waals surface area contributed by atoms with Gasteiger partial charge >= 0.3 is 5.97 Å². The minimum absolute atomic E-state index is 0.0283. The van der Waals surface area contributed by atoms with Gasteiger partial charge in [-0.3, -0.25) is 0 Å². The van der Waals surface area contributed by atoms with Gasteiger partial charge in [-0.2, -0.15) is 0 Å². The van der Waals surface area contributed by atoms with E-state index in [0.29, 0.717) is 0 Å². The first-order valence-corrected chi connectivity index (χ1v) is 6.24. The van der Waals surface area contributed by atoms with Gasteiger partial charge in [0.2, 0.25) is 6.29 Å². The molecule has 0 amide bonds. The van der Waals surface area contributed by atoms with Crippen LogP contribution >= 0.6 is 0 Å². The van der Waals surface area contributed by atoms with Crippen molar-refractivity contribution < 1.29 is 39.8 Å². The largest absolute Gasteiger partial charge is 0.508 e. The standard InChI is InChI=1S/C13H16O8/c14-5-8-9(16)10(17)11(18)13(20-8)21-12(19)6-1-3-7(15)4-2-6/h1-4,8-11,13-18H,5H2/t8-,9-,10-,11-,13+/m0/s1. The van der Waals surface area contributed by atoms with Gasteiger partial charge in [0.25, 0.3) is 0 Å². The molecule has 5 N–H and O–H groups in total. The molecule has 1 fully saturated rings. The van der Waals surface area contributed by atoms with Crippen molar-refractivity contribution in [3.63, 3.8) is 0 Å². The summed E-state index contributed by atoms with van der Waals surface area (Å²) in [5, 5.41) is 47.0. The van der Waals surface area contributed by atoms with Gasteiger partial charge in [0.05, 0.1) is 12.2 Å². The first kappa shape index (κ1) is 15.7. The van der Waals surface area contributed by atoms with Gasteiger partial charge in [-0.25, -0.2) is 4.79 Å². The fourth-order valence-corrected chi connectivity index (χ4v) is 1.94. The minimum Gasteiger partial charge on any atom is -0.508 e. The van der Waals surface area contributed by atoms with Gasteiger partial charge in [0.1, 0.15) is 30.2 Å². The Balaban J connectivity index is 2.07. The maximum absolute atomic E-state index is 11.9. The number of carbonyl (C=O) groups is 1. The van der Waals surface area contributed by atoms with E-state index < -0.39 is 43.3 Å². The van der Waals surface area contributed by atoms with Crippen LogP contribution in [0, 0.1) is 0 Å². The molecule has 0 aromatic heterocycles. The van der Waals surface area contributed by atoms with Gasteiger partial charge in [0, 0.05) is 0 Å². The van der Waals surface area contributed by atoms with Gasteiger partial charge in [-0.05, 0) is 24.3 Å². The van der Waals surface area contributed by atoms with Crippen LogP contribution in [0.15, 0.2) is 24.3 Å². The smallest absolute Gasteiger partial charge is 0.340 e. The molecule has 0 aliphatic carbocycles. The predicted octanol–water partition coefficient (Wildman–Crippen LogP) is -1.65. The molecule has 1 aliphatic rings. The predicted molar refractivity (Wildman–Crippen MR) is 67.3 cm³/mol. The monoisotopic (exact) mass is 300 g/mol. The number of ether oxygens (including phenoxy) is 2. The second-order valence-corrected chi connectivity index (χ2v) is 4.65. The minimum atomic E-state index is -1.65. The van der Waals surface area contributed by atoms with E-state index in [9.17, 15) is 20.1 Å². The molecule has 5 atom stereocenters. The quantitative estimate of drug-likeness (QED) is 0.419. The lowest BCUT2D eigenvalue weighted by molar-refractivity contribution is -0.285. The Morgan fingerprint density at radius 2 is 1.71 bits per heavy atom. The first-order valence-electron chi connectivity index (χ1n) is 6.24. The normalized spacial score (nSPS) is 32.7. The number of carbonyl (C=O) groups excluding carboxylic acids is 1. The molecule has 21 heavy (non-hydrogen) atoms. The van der Waals surface area contributed by atoms with Crippen molar-refractivity contribution in [3.8, 4) is 5.75 Å². The topological polar surface area (TPSA) is 137 Å². The van der Waals surface area contributed by atoms with Gasteiger partial charge in [-0.15, -0.1) is 0 Å². The van der Waals surface area contributed by atoms with Crippen molar-refractivity contribution in [1.82, 2.24) is 0 Å². The third kappa shape index (κ3) is 3.31. The Labute approximate surface area is 119 Å². The third-order valence-corrected chi connectivity index (χ3v) is 3.17. The number of aliphatic hydroxyl groups excluding tert-OH is 4. The lowest BCUT2D eigenvalue weighted by Gasteiger charge is -2.39. The Morgan fingerprint density at radius 3 is 2.29 bits per heavy atom. The van der Waals surface area contributed by atoms with Crippen LogP contribution in [0.5, 0.6) is 5.75 Å². The summed E-state index contributed by atoms with van der Waals surface area (Å²) in [6.07, 6.45) is -7.46. The number of phenolic OH excluding ortho intramolecular Hbond substituents is 1. The van der Waals surface area contributed by atoms with Crippen molar-refractivity contribution in [2.75, 3.05) is 6.61 Å². The number of benzene rings is 1. The zero-order valence-corrected chi connectivity index (χ0v) is 10.9. The SMILES string of the molecule is O=C(O[C@H]1O[C@@H](CO)[C@H](O)[C@H](O)[C@@H]1O)c1ccc(O)cc1. The molecule has 0 radical (unpaired) electrons. The maximum Gasteiger partial charge on any atom is 0.340 e. The summed E-state index contributed by atoms with van der Waals surface area (Å²) < 4.78 is 9.95. The summed E-state index contributed by atoms with van der Waals surface area (Å²) in [5.41, 5.74) is 0.102. The molecule has 0 saturated carbocycles. The Hall–Kier alpha value is -1.71. The van der Waals surface area contributed by atoms with E-state index in [0.717, 1.165) is 0 Å².